The van der Waals surface area contributed by atoms with Gasteiger partial charge in [-0.3, -0.25) is 0 Å². The first-order chi connectivity index (χ1) is 12.8. The van der Waals surface area contributed by atoms with Gasteiger partial charge in [-0.05, 0) is 45.9 Å². The van der Waals surface area contributed by atoms with Crippen LogP contribution < -0.4 is 5.32 Å². The number of thiocarbonyl (C=S) groups is 1. The van der Waals surface area contributed by atoms with Gasteiger partial charge in [0.2, 0.25) is 0 Å². The van der Waals surface area contributed by atoms with Crippen molar-refractivity contribution in [3.05, 3.63) is 89.5 Å². The van der Waals surface area contributed by atoms with Crippen molar-refractivity contribution in [3.8, 4) is 0 Å². The first-order valence-electron chi connectivity index (χ1n) is 8.95. The Labute approximate surface area is 164 Å². The fourth-order valence-electron chi connectivity index (χ4n) is 3.42. The molecule has 1 aliphatic rings. The van der Waals surface area contributed by atoms with E-state index in [2.05, 4.69) is 78.1 Å². The highest BCUT2D eigenvalue weighted by Crippen LogP contribution is 2.29. The molecule has 0 saturated carbocycles. The van der Waals surface area contributed by atoms with Crippen molar-refractivity contribution in [3.63, 3.8) is 0 Å². The van der Waals surface area contributed by atoms with Gasteiger partial charge in [0, 0.05) is 12.3 Å². The van der Waals surface area contributed by atoms with Crippen LogP contribution in [-0.2, 0) is 12.2 Å². The summed E-state index contributed by atoms with van der Waals surface area (Å²) in [7, 11) is 0. The van der Waals surface area contributed by atoms with Gasteiger partial charge in [-0.1, -0.05) is 96.8 Å². The van der Waals surface area contributed by atoms with Crippen LogP contribution >= 0.6 is 24.0 Å². The van der Waals surface area contributed by atoms with E-state index in [1.807, 2.05) is 0 Å². The summed E-state index contributed by atoms with van der Waals surface area (Å²) in [5.41, 5.74) is 5.60. The van der Waals surface area contributed by atoms with Crippen LogP contribution in [0, 0.1) is 0 Å². The van der Waals surface area contributed by atoms with Gasteiger partial charge in [0.05, 0.1) is 0 Å². The van der Waals surface area contributed by atoms with E-state index in [0.29, 0.717) is 0 Å². The van der Waals surface area contributed by atoms with E-state index in [1.165, 1.54) is 33.0 Å². The zero-order valence-electron chi connectivity index (χ0n) is 14.6. The second-order valence-corrected chi connectivity index (χ2v) is 8.18. The largest absolute Gasteiger partial charge is 0.371 e. The third-order valence-corrected chi connectivity index (χ3v) is 6.16. The number of fused-ring (bicyclic) bond motifs is 2. The van der Waals surface area contributed by atoms with E-state index in [1.54, 1.807) is 11.8 Å². The molecule has 3 heteroatoms. The summed E-state index contributed by atoms with van der Waals surface area (Å²) in [4.78, 5) is 0. The molecule has 4 rings (SSSR count). The Morgan fingerprint density at radius 2 is 1.77 bits per heavy atom. The summed E-state index contributed by atoms with van der Waals surface area (Å²) in [5.74, 6) is 0.905. The summed E-state index contributed by atoms with van der Waals surface area (Å²) >= 11 is 7.21. The summed E-state index contributed by atoms with van der Waals surface area (Å²) in [6.45, 7) is 0.893. The lowest BCUT2D eigenvalue weighted by Gasteiger charge is -2.10. The van der Waals surface area contributed by atoms with Gasteiger partial charge in [0.25, 0.3) is 0 Å². The predicted octanol–water partition coefficient (Wildman–Crippen LogP) is 5.98. The van der Waals surface area contributed by atoms with E-state index in [-0.39, 0.29) is 0 Å². The van der Waals surface area contributed by atoms with Gasteiger partial charge in [-0.2, -0.15) is 0 Å². The standard InChI is InChI=1S/C23H21NS2/c25-23(24-14-13-20-12-11-19-6-3-4-8-22(19)20)26-16-17-9-10-18-5-1-2-7-21(18)15-17/h1-10,12,15H,11,13-14,16H2,(H,24,25). The molecule has 0 spiro atoms. The van der Waals surface area contributed by atoms with Crippen molar-refractivity contribution in [1.29, 1.82) is 0 Å². The van der Waals surface area contributed by atoms with Crippen molar-refractivity contribution >= 4 is 44.6 Å². The van der Waals surface area contributed by atoms with Crippen LogP contribution in [0.1, 0.15) is 23.1 Å². The van der Waals surface area contributed by atoms with E-state index in [0.717, 1.165) is 29.5 Å². The van der Waals surface area contributed by atoms with Crippen LogP contribution in [0.2, 0.25) is 0 Å². The fourth-order valence-corrected chi connectivity index (χ4v) is 4.38. The molecule has 0 bridgehead atoms. The zero-order valence-corrected chi connectivity index (χ0v) is 16.2. The van der Waals surface area contributed by atoms with E-state index >= 15 is 0 Å². The maximum atomic E-state index is 5.50. The average molecular weight is 376 g/mol. The van der Waals surface area contributed by atoms with E-state index in [9.17, 15) is 0 Å². The van der Waals surface area contributed by atoms with Crippen molar-refractivity contribution < 1.29 is 0 Å². The molecule has 26 heavy (non-hydrogen) atoms. The third-order valence-electron chi connectivity index (χ3n) is 4.78. The minimum atomic E-state index is 0.880. The van der Waals surface area contributed by atoms with Crippen molar-refractivity contribution in [2.24, 2.45) is 0 Å². The maximum absolute atomic E-state index is 5.50. The predicted molar refractivity (Wildman–Crippen MR) is 119 cm³/mol. The molecule has 0 saturated heterocycles. The number of nitrogens with one attached hydrogen (secondary N) is 1. The summed E-state index contributed by atoms with van der Waals surface area (Å²) in [6.07, 6.45) is 4.43. The van der Waals surface area contributed by atoms with Crippen LogP contribution in [0.4, 0.5) is 0 Å². The molecule has 0 fully saturated rings. The molecule has 1 aliphatic carbocycles. The van der Waals surface area contributed by atoms with Crippen LogP contribution in [0.15, 0.2) is 72.8 Å². The Morgan fingerprint density at radius 3 is 2.69 bits per heavy atom. The molecular weight excluding hydrogens is 354 g/mol. The van der Waals surface area contributed by atoms with E-state index in [4.69, 9.17) is 12.2 Å². The molecule has 0 unspecified atom stereocenters. The molecule has 0 heterocycles. The van der Waals surface area contributed by atoms with Crippen molar-refractivity contribution in [1.82, 2.24) is 5.32 Å². The molecule has 0 aromatic heterocycles. The first-order valence-corrected chi connectivity index (χ1v) is 10.3. The van der Waals surface area contributed by atoms with Crippen molar-refractivity contribution in [2.75, 3.05) is 6.54 Å². The Morgan fingerprint density at radius 1 is 0.962 bits per heavy atom. The number of hydrogen-bond donors (Lipinski definition) is 1. The summed E-state index contributed by atoms with van der Waals surface area (Å²) in [6, 6.07) is 23.8. The van der Waals surface area contributed by atoms with Crippen LogP contribution in [0.25, 0.3) is 16.3 Å². The van der Waals surface area contributed by atoms with Gasteiger partial charge in [-0.15, -0.1) is 0 Å². The lowest BCUT2D eigenvalue weighted by molar-refractivity contribution is 0.920. The normalized spacial score (nSPS) is 12.7. The molecule has 130 valence electrons. The Kier molecular flexibility index (Phi) is 5.37. The number of allylic oxidation sites excluding steroid dienone is 1. The second kappa shape index (κ2) is 8.07. The van der Waals surface area contributed by atoms with Crippen LogP contribution in [0.5, 0.6) is 0 Å². The summed E-state index contributed by atoms with van der Waals surface area (Å²) < 4.78 is 0.880. The molecule has 0 amide bonds. The highest BCUT2D eigenvalue weighted by Gasteiger charge is 2.12. The Balaban J connectivity index is 1.25. The molecule has 3 aromatic rings. The van der Waals surface area contributed by atoms with Crippen molar-refractivity contribution in [2.45, 2.75) is 18.6 Å². The van der Waals surface area contributed by atoms with Gasteiger partial charge in [-0.25, -0.2) is 0 Å². The molecule has 0 aliphatic heterocycles. The topological polar surface area (TPSA) is 12.0 Å². The number of rotatable bonds is 5. The fraction of sp³-hybridized carbons (Fsp3) is 0.174. The molecule has 0 radical (unpaired) electrons. The van der Waals surface area contributed by atoms with Crippen LogP contribution in [0.3, 0.4) is 0 Å². The highest BCUT2D eigenvalue weighted by molar-refractivity contribution is 8.22. The molecular formula is C23H21NS2. The quantitative estimate of drug-likeness (QED) is 0.551. The highest BCUT2D eigenvalue weighted by atomic mass is 32.2. The first kappa shape index (κ1) is 17.3. The third kappa shape index (κ3) is 4.00. The Hall–Kier alpha value is -2.10. The van der Waals surface area contributed by atoms with Crippen LogP contribution in [-0.4, -0.2) is 10.9 Å². The smallest absolute Gasteiger partial charge is 0.134 e. The monoisotopic (exact) mass is 375 g/mol. The molecule has 1 nitrogen and oxygen atoms in total. The van der Waals surface area contributed by atoms with Gasteiger partial charge < -0.3 is 5.32 Å². The Bertz CT molecular complexity index is 975. The van der Waals surface area contributed by atoms with Gasteiger partial charge in [0.1, 0.15) is 4.32 Å². The van der Waals surface area contributed by atoms with Gasteiger partial charge >= 0.3 is 0 Å². The zero-order chi connectivity index (χ0) is 17.8. The molecule has 3 aromatic carbocycles. The summed E-state index contributed by atoms with van der Waals surface area (Å²) in [5, 5.41) is 5.97. The van der Waals surface area contributed by atoms with E-state index < -0.39 is 0 Å². The minimum absolute atomic E-state index is 0.880. The average Bonchev–Trinajstić information content (AvgIpc) is 3.09. The second-order valence-electron chi connectivity index (χ2n) is 6.53. The molecule has 1 N–H and O–H groups in total. The maximum Gasteiger partial charge on any atom is 0.134 e. The van der Waals surface area contributed by atoms with Gasteiger partial charge in [0.15, 0.2) is 0 Å². The minimum Gasteiger partial charge on any atom is -0.371 e. The SMILES string of the molecule is S=C(NCCC1=CCc2ccccc21)SCc1ccc2ccccc2c1. The lowest BCUT2D eigenvalue weighted by atomic mass is 10.0. The lowest BCUT2D eigenvalue weighted by Crippen LogP contribution is -2.19. The molecule has 0 atom stereocenters. The number of hydrogen-bond acceptors (Lipinski definition) is 2. The number of thioether (sulfide) groups is 1. The number of benzene rings is 3.